The number of likely N-dealkylation sites (tertiary alicyclic amines) is 1. The first-order chi connectivity index (χ1) is 7.65. The molecule has 0 aliphatic carbocycles. The molecule has 3 nitrogen and oxygen atoms in total. The minimum absolute atomic E-state index is 0.354. The van der Waals surface area contributed by atoms with Crippen molar-refractivity contribution in [3.05, 3.63) is 29.8 Å². The van der Waals surface area contributed by atoms with Gasteiger partial charge >= 0.3 is 0 Å². The highest BCUT2D eigenvalue weighted by Crippen LogP contribution is 2.11. The molecule has 88 valence electrons. The monoisotopic (exact) mass is 238 g/mol. The van der Waals surface area contributed by atoms with Crippen molar-refractivity contribution in [2.45, 2.75) is 24.3 Å². The Labute approximate surface area is 99.4 Å². The average molecular weight is 238 g/mol. The molecule has 1 aliphatic heterocycles. The standard InChI is InChI=1S/C12H18N2OS/c1-10-3-5-12(6-4-10)16(15)13-11-7-8-14(2)9-11/h3-6,11,13H,7-9H2,1-2H3. The van der Waals surface area contributed by atoms with Crippen LogP contribution in [-0.2, 0) is 11.0 Å². The minimum Gasteiger partial charge on any atom is -0.305 e. The fourth-order valence-electron chi connectivity index (χ4n) is 1.91. The summed E-state index contributed by atoms with van der Waals surface area (Å²) >= 11 is 0. The quantitative estimate of drug-likeness (QED) is 0.861. The summed E-state index contributed by atoms with van der Waals surface area (Å²) in [5.41, 5.74) is 1.20. The fraction of sp³-hybridized carbons (Fsp3) is 0.500. The summed E-state index contributed by atoms with van der Waals surface area (Å²) in [6, 6.07) is 8.20. The molecule has 1 saturated heterocycles. The van der Waals surface area contributed by atoms with Crippen molar-refractivity contribution in [1.29, 1.82) is 0 Å². The maximum absolute atomic E-state index is 12.0. The third-order valence-electron chi connectivity index (χ3n) is 2.90. The van der Waals surface area contributed by atoms with Crippen molar-refractivity contribution in [1.82, 2.24) is 9.62 Å². The van der Waals surface area contributed by atoms with Crippen LogP contribution in [0.4, 0.5) is 0 Å². The van der Waals surface area contributed by atoms with E-state index in [0.717, 1.165) is 24.4 Å². The molecule has 0 amide bonds. The van der Waals surface area contributed by atoms with Gasteiger partial charge in [-0.05, 0) is 39.1 Å². The molecule has 4 heteroatoms. The molecule has 1 aliphatic rings. The van der Waals surface area contributed by atoms with Crippen LogP contribution < -0.4 is 4.72 Å². The molecule has 1 aromatic carbocycles. The molecule has 1 N–H and O–H groups in total. The van der Waals surface area contributed by atoms with Crippen LogP contribution in [0.15, 0.2) is 29.2 Å². The maximum atomic E-state index is 12.0. The Hall–Kier alpha value is -0.710. The van der Waals surface area contributed by atoms with E-state index in [1.54, 1.807) is 0 Å². The number of rotatable bonds is 3. The van der Waals surface area contributed by atoms with Gasteiger partial charge in [0.15, 0.2) is 0 Å². The molecule has 2 atom stereocenters. The van der Waals surface area contributed by atoms with E-state index in [0.29, 0.717) is 6.04 Å². The third kappa shape index (κ3) is 2.90. The summed E-state index contributed by atoms with van der Waals surface area (Å²) in [5, 5.41) is 0. The number of benzene rings is 1. The second-order valence-electron chi connectivity index (χ2n) is 4.45. The summed E-state index contributed by atoms with van der Waals surface area (Å²) in [6.45, 7) is 4.10. The molecule has 16 heavy (non-hydrogen) atoms. The van der Waals surface area contributed by atoms with Gasteiger partial charge in [0, 0.05) is 12.6 Å². The number of likely N-dealkylation sites (N-methyl/N-ethyl adjacent to an activating group) is 1. The lowest BCUT2D eigenvalue weighted by Crippen LogP contribution is -2.32. The Morgan fingerprint density at radius 3 is 2.62 bits per heavy atom. The van der Waals surface area contributed by atoms with E-state index in [1.807, 2.05) is 31.2 Å². The summed E-state index contributed by atoms with van der Waals surface area (Å²) in [7, 11) is 1.02. The van der Waals surface area contributed by atoms with Crippen LogP contribution in [0.2, 0.25) is 0 Å². The summed E-state index contributed by atoms with van der Waals surface area (Å²) in [5.74, 6) is 0. The van der Waals surface area contributed by atoms with E-state index in [4.69, 9.17) is 0 Å². The average Bonchev–Trinajstić information content (AvgIpc) is 2.65. The highest BCUT2D eigenvalue weighted by Gasteiger charge is 2.21. The van der Waals surface area contributed by atoms with Gasteiger partial charge in [0.2, 0.25) is 0 Å². The molecule has 1 fully saturated rings. The molecule has 0 saturated carbocycles. The zero-order valence-electron chi connectivity index (χ0n) is 9.77. The second kappa shape index (κ2) is 5.08. The van der Waals surface area contributed by atoms with Gasteiger partial charge < -0.3 is 4.90 Å². The molecule has 0 spiro atoms. The highest BCUT2D eigenvalue weighted by molar-refractivity contribution is 7.83. The van der Waals surface area contributed by atoms with Crippen LogP contribution in [0.1, 0.15) is 12.0 Å². The maximum Gasteiger partial charge on any atom is 0.125 e. The number of hydrogen-bond acceptors (Lipinski definition) is 2. The SMILES string of the molecule is Cc1ccc(S(=O)NC2CCN(C)C2)cc1. The lowest BCUT2D eigenvalue weighted by Gasteiger charge is -2.12. The predicted octanol–water partition coefficient (Wildman–Crippen LogP) is 1.31. The zero-order chi connectivity index (χ0) is 11.5. The van der Waals surface area contributed by atoms with Gasteiger partial charge in [0.05, 0.1) is 4.90 Å². The molecular weight excluding hydrogens is 220 g/mol. The molecule has 2 unspecified atom stereocenters. The lowest BCUT2D eigenvalue weighted by atomic mass is 10.2. The van der Waals surface area contributed by atoms with Gasteiger partial charge in [0.1, 0.15) is 11.0 Å². The van der Waals surface area contributed by atoms with Crippen molar-refractivity contribution in [2.24, 2.45) is 0 Å². The molecule has 0 bridgehead atoms. The number of hydrogen-bond donors (Lipinski definition) is 1. The molecule has 1 heterocycles. The largest absolute Gasteiger partial charge is 0.305 e. The van der Waals surface area contributed by atoms with Crippen molar-refractivity contribution in [3.63, 3.8) is 0 Å². The Kier molecular flexibility index (Phi) is 3.74. The van der Waals surface area contributed by atoms with E-state index in [9.17, 15) is 4.21 Å². The minimum atomic E-state index is -1.07. The molecule has 0 radical (unpaired) electrons. The van der Waals surface area contributed by atoms with E-state index in [-0.39, 0.29) is 0 Å². The summed E-state index contributed by atoms with van der Waals surface area (Å²) in [4.78, 5) is 3.12. The number of nitrogens with zero attached hydrogens (tertiary/aromatic N) is 1. The third-order valence-corrected chi connectivity index (χ3v) is 4.15. The lowest BCUT2D eigenvalue weighted by molar-refractivity contribution is 0.408. The Morgan fingerprint density at radius 2 is 2.06 bits per heavy atom. The fourth-order valence-corrected chi connectivity index (χ4v) is 2.93. The summed E-state index contributed by atoms with van der Waals surface area (Å²) < 4.78 is 15.2. The highest BCUT2D eigenvalue weighted by atomic mass is 32.2. The van der Waals surface area contributed by atoms with E-state index in [1.165, 1.54) is 5.56 Å². The normalized spacial score (nSPS) is 23.5. The first-order valence-corrected chi connectivity index (χ1v) is 6.73. The van der Waals surface area contributed by atoms with E-state index in [2.05, 4.69) is 16.7 Å². The Balaban J connectivity index is 1.95. The van der Waals surface area contributed by atoms with Crippen molar-refractivity contribution in [3.8, 4) is 0 Å². The number of nitrogens with one attached hydrogen (secondary N) is 1. The first-order valence-electron chi connectivity index (χ1n) is 5.58. The van der Waals surface area contributed by atoms with Crippen LogP contribution in [0, 0.1) is 6.92 Å². The van der Waals surface area contributed by atoms with Crippen LogP contribution in [0.25, 0.3) is 0 Å². The van der Waals surface area contributed by atoms with Gasteiger partial charge in [-0.3, -0.25) is 0 Å². The van der Waals surface area contributed by atoms with Crippen molar-refractivity contribution >= 4 is 11.0 Å². The van der Waals surface area contributed by atoms with Gasteiger partial charge in [-0.25, -0.2) is 8.93 Å². The predicted molar refractivity (Wildman–Crippen MR) is 66.6 cm³/mol. The van der Waals surface area contributed by atoms with Gasteiger partial charge in [0.25, 0.3) is 0 Å². The second-order valence-corrected chi connectivity index (χ2v) is 5.69. The molecule has 1 aromatic rings. The van der Waals surface area contributed by atoms with Crippen LogP contribution in [0.3, 0.4) is 0 Å². The topological polar surface area (TPSA) is 32.3 Å². The zero-order valence-corrected chi connectivity index (χ0v) is 10.6. The van der Waals surface area contributed by atoms with Gasteiger partial charge in [-0.1, -0.05) is 17.7 Å². The first kappa shape index (κ1) is 11.8. The van der Waals surface area contributed by atoms with Crippen molar-refractivity contribution in [2.75, 3.05) is 20.1 Å². The van der Waals surface area contributed by atoms with Crippen LogP contribution >= 0.6 is 0 Å². The van der Waals surface area contributed by atoms with E-state index >= 15 is 0 Å². The number of aryl methyl sites for hydroxylation is 1. The van der Waals surface area contributed by atoms with Gasteiger partial charge in [-0.2, -0.15) is 0 Å². The molecular formula is C12H18N2OS. The Bertz CT molecular complexity index is 377. The smallest absolute Gasteiger partial charge is 0.125 e. The van der Waals surface area contributed by atoms with Gasteiger partial charge in [-0.15, -0.1) is 0 Å². The molecule has 2 rings (SSSR count). The van der Waals surface area contributed by atoms with Crippen LogP contribution in [0.5, 0.6) is 0 Å². The Morgan fingerprint density at radius 1 is 1.38 bits per heavy atom. The summed E-state index contributed by atoms with van der Waals surface area (Å²) in [6.07, 6.45) is 1.08. The van der Waals surface area contributed by atoms with E-state index < -0.39 is 11.0 Å². The molecule has 0 aromatic heterocycles. The van der Waals surface area contributed by atoms with Crippen LogP contribution in [-0.4, -0.2) is 35.3 Å². The van der Waals surface area contributed by atoms with Crippen molar-refractivity contribution < 1.29 is 4.21 Å².